The quantitative estimate of drug-likeness (QED) is 0.847. The molecule has 2 saturated heterocycles. The number of carbonyl (C=O) groups excluding carboxylic acids is 2. The summed E-state index contributed by atoms with van der Waals surface area (Å²) in [6, 6.07) is 0.213. The van der Waals surface area contributed by atoms with E-state index in [1.54, 1.807) is 16.2 Å². The molecular weight excluding hydrogens is 290 g/mol. The predicted molar refractivity (Wildman–Crippen MR) is 78.2 cm³/mol. The zero-order chi connectivity index (χ0) is 14.8. The molecule has 2 amide bonds. The molecule has 3 heterocycles. The molecule has 2 aliphatic heterocycles. The maximum atomic E-state index is 12.3. The second-order valence-electron chi connectivity index (χ2n) is 5.45. The molecule has 2 aliphatic rings. The van der Waals surface area contributed by atoms with Gasteiger partial charge >= 0.3 is 6.09 Å². The Bertz CT molecular complexity index is 537. The lowest BCUT2D eigenvalue weighted by molar-refractivity contribution is -0.131. The second kappa shape index (κ2) is 6.01. The third-order valence-electron chi connectivity index (χ3n) is 4.05. The van der Waals surface area contributed by atoms with Crippen LogP contribution in [0.15, 0.2) is 5.38 Å². The lowest BCUT2D eigenvalue weighted by Crippen LogP contribution is -2.47. The van der Waals surface area contributed by atoms with E-state index in [0.717, 1.165) is 23.5 Å². The summed E-state index contributed by atoms with van der Waals surface area (Å²) in [6.45, 7) is 4.52. The van der Waals surface area contributed by atoms with E-state index in [4.69, 9.17) is 4.74 Å². The van der Waals surface area contributed by atoms with Gasteiger partial charge in [-0.2, -0.15) is 0 Å². The van der Waals surface area contributed by atoms with Crippen LogP contribution in [-0.4, -0.2) is 59.1 Å². The number of hydrogen-bond donors (Lipinski definition) is 0. The number of ether oxygens (including phenoxy) is 1. The van der Waals surface area contributed by atoms with Gasteiger partial charge in [0.2, 0.25) is 5.91 Å². The third-order valence-corrected chi connectivity index (χ3v) is 4.87. The first kappa shape index (κ1) is 14.3. The van der Waals surface area contributed by atoms with E-state index < -0.39 is 0 Å². The van der Waals surface area contributed by atoms with Crippen LogP contribution in [-0.2, 0) is 16.0 Å². The van der Waals surface area contributed by atoms with Gasteiger partial charge in [0.1, 0.15) is 6.61 Å². The standard InChI is InChI=1S/C14H19N3O3S/c1-10-15-11(9-21-10)8-13(18)16-4-2-12(3-5-16)17-6-7-20-14(17)19/h9,12H,2-8H2,1H3. The topological polar surface area (TPSA) is 62.7 Å². The molecule has 0 aliphatic carbocycles. The molecule has 114 valence electrons. The first-order chi connectivity index (χ1) is 10.1. The molecule has 0 unspecified atom stereocenters. The van der Waals surface area contributed by atoms with Gasteiger partial charge in [-0.1, -0.05) is 0 Å². The highest BCUT2D eigenvalue weighted by molar-refractivity contribution is 7.09. The van der Waals surface area contributed by atoms with Crippen LogP contribution in [0, 0.1) is 6.92 Å². The van der Waals surface area contributed by atoms with Crippen LogP contribution in [0.25, 0.3) is 0 Å². The number of likely N-dealkylation sites (tertiary alicyclic amines) is 1. The zero-order valence-corrected chi connectivity index (χ0v) is 12.9. The first-order valence-corrected chi connectivity index (χ1v) is 8.13. The van der Waals surface area contributed by atoms with Crippen molar-refractivity contribution in [3.8, 4) is 0 Å². The van der Waals surface area contributed by atoms with Crippen molar-refractivity contribution in [3.63, 3.8) is 0 Å². The molecule has 0 N–H and O–H groups in total. The van der Waals surface area contributed by atoms with E-state index in [-0.39, 0.29) is 18.0 Å². The van der Waals surface area contributed by atoms with Gasteiger partial charge < -0.3 is 14.5 Å². The predicted octanol–water partition coefficient (Wildman–Crippen LogP) is 1.44. The fourth-order valence-electron chi connectivity index (χ4n) is 2.92. The van der Waals surface area contributed by atoms with E-state index in [2.05, 4.69) is 4.98 Å². The number of carbonyl (C=O) groups is 2. The Morgan fingerprint density at radius 2 is 2.19 bits per heavy atom. The maximum absolute atomic E-state index is 12.3. The van der Waals surface area contributed by atoms with Crippen molar-refractivity contribution in [2.75, 3.05) is 26.2 Å². The van der Waals surface area contributed by atoms with Crippen LogP contribution in [0.1, 0.15) is 23.5 Å². The number of rotatable bonds is 3. The summed E-state index contributed by atoms with van der Waals surface area (Å²) >= 11 is 1.57. The molecule has 21 heavy (non-hydrogen) atoms. The van der Waals surface area contributed by atoms with Crippen LogP contribution in [0.4, 0.5) is 4.79 Å². The smallest absolute Gasteiger partial charge is 0.410 e. The summed E-state index contributed by atoms with van der Waals surface area (Å²) in [5, 5.41) is 2.93. The van der Waals surface area contributed by atoms with Crippen LogP contribution in [0.5, 0.6) is 0 Å². The van der Waals surface area contributed by atoms with Crippen molar-refractivity contribution in [2.45, 2.75) is 32.2 Å². The van der Waals surface area contributed by atoms with Crippen molar-refractivity contribution in [1.82, 2.24) is 14.8 Å². The average Bonchev–Trinajstić information content (AvgIpc) is 3.08. The Morgan fingerprint density at radius 3 is 2.76 bits per heavy atom. The number of hydrogen-bond acceptors (Lipinski definition) is 5. The highest BCUT2D eigenvalue weighted by atomic mass is 32.1. The fourth-order valence-corrected chi connectivity index (χ4v) is 3.53. The number of thiazole rings is 1. The van der Waals surface area contributed by atoms with Gasteiger partial charge in [-0.05, 0) is 19.8 Å². The highest BCUT2D eigenvalue weighted by Crippen LogP contribution is 2.20. The number of nitrogens with zero attached hydrogens (tertiary/aromatic N) is 3. The molecule has 3 rings (SSSR count). The lowest BCUT2D eigenvalue weighted by Gasteiger charge is -2.35. The number of cyclic esters (lactones) is 1. The van der Waals surface area contributed by atoms with Gasteiger partial charge in [0, 0.05) is 24.5 Å². The molecule has 1 aromatic heterocycles. The van der Waals surface area contributed by atoms with Crippen LogP contribution >= 0.6 is 11.3 Å². The molecule has 0 spiro atoms. The fraction of sp³-hybridized carbons (Fsp3) is 0.643. The van der Waals surface area contributed by atoms with Gasteiger partial charge in [0.05, 0.1) is 23.7 Å². The molecule has 2 fully saturated rings. The number of piperidine rings is 1. The van der Waals surface area contributed by atoms with Crippen molar-refractivity contribution in [1.29, 1.82) is 0 Å². The Morgan fingerprint density at radius 1 is 1.43 bits per heavy atom. The van der Waals surface area contributed by atoms with Gasteiger partial charge in [0.15, 0.2) is 0 Å². The normalized spacial score (nSPS) is 20.0. The van der Waals surface area contributed by atoms with Gasteiger partial charge in [-0.3, -0.25) is 4.79 Å². The summed E-state index contributed by atoms with van der Waals surface area (Å²) in [7, 11) is 0. The average molecular weight is 309 g/mol. The van der Waals surface area contributed by atoms with E-state index in [1.165, 1.54) is 0 Å². The van der Waals surface area contributed by atoms with Crippen LogP contribution < -0.4 is 0 Å². The molecular formula is C14H19N3O3S. The third kappa shape index (κ3) is 3.18. The molecule has 0 saturated carbocycles. The maximum Gasteiger partial charge on any atom is 0.410 e. The van der Waals surface area contributed by atoms with Gasteiger partial charge in [-0.25, -0.2) is 9.78 Å². The van der Waals surface area contributed by atoms with E-state index in [0.29, 0.717) is 32.7 Å². The molecule has 6 nitrogen and oxygen atoms in total. The van der Waals surface area contributed by atoms with Crippen molar-refractivity contribution in [2.24, 2.45) is 0 Å². The molecule has 0 aromatic carbocycles. The van der Waals surface area contributed by atoms with E-state index in [9.17, 15) is 9.59 Å². The summed E-state index contributed by atoms with van der Waals surface area (Å²) in [5.41, 5.74) is 0.854. The highest BCUT2D eigenvalue weighted by Gasteiger charge is 2.33. The molecule has 1 aromatic rings. The number of aryl methyl sites for hydroxylation is 1. The molecule has 0 atom stereocenters. The van der Waals surface area contributed by atoms with Crippen molar-refractivity contribution in [3.05, 3.63) is 16.1 Å². The van der Waals surface area contributed by atoms with Crippen LogP contribution in [0.2, 0.25) is 0 Å². The number of amides is 2. The molecule has 0 bridgehead atoms. The second-order valence-corrected chi connectivity index (χ2v) is 6.52. The van der Waals surface area contributed by atoms with Crippen LogP contribution in [0.3, 0.4) is 0 Å². The van der Waals surface area contributed by atoms with Crippen molar-refractivity contribution < 1.29 is 14.3 Å². The zero-order valence-electron chi connectivity index (χ0n) is 12.1. The first-order valence-electron chi connectivity index (χ1n) is 7.25. The van der Waals surface area contributed by atoms with Gasteiger partial charge in [-0.15, -0.1) is 11.3 Å². The largest absolute Gasteiger partial charge is 0.448 e. The summed E-state index contributed by atoms with van der Waals surface area (Å²) in [6.07, 6.45) is 1.83. The molecule has 0 radical (unpaired) electrons. The Hall–Kier alpha value is -1.63. The summed E-state index contributed by atoms with van der Waals surface area (Å²) in [4.78, 5) is 31.8. The summed E-state index contributed by atoms with van der Waals surface area (Å²) in [5.74, 6) is 0.128. The molecule has 7 heteroatoms. The minimum absolute atomic E-state index is 0.128. The Labute approximate surface area is 127 Å². The monoisotopic (exact) mass is 309 g/mol. The minimum Gasteiger partial charge on any atom is -0.448 e. The lowest BCUT2D eigenvalue weighted by atomic mass is 10.0. The van der Waals surface area contributed by atoms with E-state index >= 15 is 0 Å². The van der Waals surface area contributed by atoms with Crippen molar-refractivity contribution >= 4 is 23.3 Å². The Balaban J connectivity index is 1.51. The Kier molecular flexibility index (Phi) is 4.10. The number of aromatic nitrogens is 1. The minimum atomic E-state index is -0.210. The summed E-state index contributed by atoms with van der Waals surface area (Å²) < 4.78 is 4.97. The SMILES string of the molecule is Cc1nc(CC(=O)N2CCC(N3CCOC3=O)CC2)cs1. The van der Waals surface area contributed by atoms with E-state index in [1.807, 2.05) is 17.2 Å². The van der Waals surface area contributed by atoms with Gasteiger partial charge in [0.25, 0.3) is 0 Å².